The molecule has 9 heteroatoms. The maximum atomic E-state index is 13.8. The average molecular weight is 407 g/mol. The summed E-state index contributed by atoms with van der Waals surface area (Å²) in [6.45, 7) is 1.90. The molecule has 152 valence electrons. The monoisotopic (exact) mass is 407 g/mol. The van der Waals surface area contributed by atoms with Crippen molar-refractivity contribution in [2.24, 2.45) is 0 Å². The Morgan fingerprint density at radius 2 is 1.90 bits per heavy atom. The molecular weight excluding hydrogens is 390 g/mol. The molecule has 1 heterocycles. The van der Waals surface area contributed by atoms with E-state index in [0.717, 1.165) is 24.3 Å². The zero-order valence-electron chi connectivity index (χ0n) is 15.2. The first-order valence-electron chi connectivity index (χ1n) is 8.79. The lowest BCUT2D eigenvalue weighted by Crippen LogP contribution is -2.38. The highest BCUT2D eigenvalue weighted by Crippen LogP contribution is 2.31. The highest BCUT2D eigenvalue weighted by Gasteiger charge is 2.31. The van der Waals surface area contributed by atoms with Crippen LogP contribution in [0.15, 0.2) is 42.5 Å². The number of nitrogens with zero attached hydrogens (tertiary/aromatic N) is 2. The fourth-order valence-corrected chi connectivity index (χ4v) is 3.06. The number of nitriles is 1. The van der Waals surface area contributed by atoms with Gasteiger partial charge in [-0.1, -0.05) is 12.1 Å². The molecule has 1 unspecified atom stereocenters. The smallest absolute Gasteiger partial charge is 0.378 e. The van der Waals surface area contributed by atoms with Crippen LogP contribution in [-0.2, 0) is 10.9 Å². The molecule has 1 N–H and O–H groups in total. The second kappa shape index (κ2) is 8.49. The average Bonchev–Trinajstić information content (AvgIpc) is 2.72. The number of carbonyl (C=O) groups is 1. The molecule has 0 saturated carbocycles. The van der Waals surface area contributed by atoms with Gasteiger partial charge in [-0.25, -0.2) is 4.39 Å². The van der Waals surface area contributed by atoms with Gasteiger partial charge in [0, 0.05) is 18.8 Å². The van der Waals surface area contributed by atoms with Crippen molar-refractivity contribution in [2.45, 2.75) is 12.2 Å². The number of hydrogen-bond donors (Lipinski definition) is 1. The van der Waals surface area contributed by atoms with Crippen LogP contribution in [0.4, 0.5) is 23.2 Å². The van der Waals surface area contributed by atoms with Crippen molar-refractivity contribution in [3.05, 3.63) is 65.0 Å². The second-order valence-corrected chi connectivity index (χ2v) is 6.42. The lowest BCUT2D eigenvalue weighted by Gasteiger charge is -2.30. The van der Waals surface area contributed by atoms with Gasteiger partial charge in [0.25, 0.3) is 5.91 Å². The Morgan fingerprint density at radius 3 is 2.55 bits per heavy atom. The SMILES string of the molecule is N#CC(NC(=O)c1cc(F)ccc1N1CCOCC1)c1cccc(C(F)(F)F)c1. The third kappa shape index (κ3) is 4.84. The minimum Gasteiger partial charge on any atom is -0.378 e. The Labute approximate surface area is 164 Å². The minimum absolute atomic E-state index is 0.000809. The van der Waals surface area contributed by atoms with Crippen molar-refractivity contribution in [2.75, 3.05) is 31.2 Å². The Bertz CT molecular complexity index is 934. The number of alkyl halides is 3. The molecule has 1 saturated heterocycles. The molecule has 0 spiro atoms. The van der Waals surface area contributed by atoms with Crippen LogP contribution in [0.1, 0.15) is 27.5 Å². The largest absolute Gasteiger partial charge is 0.416 e. The highest BCUT2D eigenvalue weighted by molar-refractivity contribution is 6.00. The number of carbonyl (C=O) groups excluding carboxylic acids is 1. The van der Waals surface area contributed by atoms with Gasteiger partial charge in [0.15, 0.2) is 0 Å². The summed E-state index contributed by atoms with van der Waals surface area (Å²) in [6, 6.07) is 8.34. The third-order valence-corrected chi connectivity index (χ3v) is 4.51. The molecule has 3 rings (SSSR count). The Morgan fingerprint density at radius 1 is 1.17 bits per heavy atom. The summed E-state index contributed by atoms with van der Waals surface area (Å²) < 4.78 is 57.9. The van der Waals surface area contributed by atoms with Gasteiger partial charge in [-0.3, -0.25) is 4.79 Å². The van der Waals surface area contributed by atoms with Crippen molar-refractivity contribution < 1.29 is 27.1 Å². The fraction of sp³-hybridized carbons (Fsp3) is 0.300. The number of anilines is 1. The number of hydrogen-bond acceptors (Lipinski definition) is 4. The van der Waals surface area contributed by atoms with E-state index in [-0.39, 0.29) is 11.1 Å². The van der Waals surface area contributed by atoms with Gasteiger partial charge >= 0.3 is 6.18 Å². The fourth-order valence-electron chi connectivity index (χ4n) is 3.06. The molecule has 2 aromatic rings. The van der Waals surface area contributed by atoms with E-state index >= 15 is 0 Å². The zero-order valence-corrected chi connectivity index (χ0v) is 15.2. The van der Waals surface area contributed by atoms with E-state index in [9.17, 15) is 27.6 Å². The first kappa shape index (κ1) is 20.6. The maximum absolute atomic E-state index is 13.8. The Balaban J connectivity index is 1.87. The van der Waals surface area contributed by atoms with Crippen molar-refractivity contribution >= 4 is 11.6 Å². The number of nitrogens with one attached hydrogen (secondary N) is 1. The number of ether oxygens (including phenoxy) is 1. The molecule has 2 aromatic carbocycles. The number of morpholine rings is 1. The zero-order chi connectivity index (χ0) is 21.0. The van der Waals surface area contributed by atoms with Crippen LogP contribution in [0, 0.1) is 17.1 Å². The van der Waals surface area contributed by atoms with Crippen LogP contribution in [-0.4, -0.2) is 32.2 Å². The molecule has 1 aliphatic heterocycles. The Hall–Kier alpha value is -3.12. The van der Waals surface area contributed by atoms with Crippen LogP contribution >= 0.6 is 0 Å². The molecule has 29 heavy (non-hydrogen) atoms. The van der Waals surface area contributed by atoms with Crippen LogP contribution in [0.25, 0.3) is 0 Å². The number of halogens is 4. The summed E-state index contributed by atoms with van der Waals surface area (Å²) >= 11 is 0. The summed E-state index contributed by atoms with van der Waals surface area (Å²) in [7, 11) is 0. The number of rotatable bonds is 4. The summed E-state index contributed by atoms with van der Waals surface area (Å²) in [5.41, 5.74) is -0.476. The summed E-state index contributed by atoms with van der Waals surface area (Å²) in [5, 5.41) is 11.8. The van der Waals surface area contributed by atoms with Crippen molar-refractivity contribution in [1.29, 1.82) is 5.26 Å². The summed E-state index contributed by atoms with van der Waals surface area (Å²) in [6.07, 6.45) is -4.58. The van der Waals surface area contributed by atoms with Gasteiger partial charge in [-0.2, -0.15) is 18.4 Å². The third-order valence-electron chi connectivity index (χ3n) is 4.51. The molecule has 0 aliphatic carbocycles. The lowest BCUT2D eigenvalue weighted by molar-refractivity contribution is -0.137. The minimum atomic E-state index is -4.58. The van der Waals surface area contributed by atoms with Gasteiger partial charge in [0.05, 0.1) is 30.4 Å². The molecule has 1 atom stereocenters. The van der Waals surface area contributed by atoms with Crippen LogP contribution in [0.3, 0.4) is 0 Å². The Kier molecular flexibility index (Phi) is 6.03. The second-order valence-electron chi connectivity index (χ2n) is 6.42. The van der Waals surface area contributed by atoms with Gasteiger partial charge in [0.2, 0.25) is 0 Å². The number of benzene rings is 2. The van der Waals surface area contributed by atoms with E-state index in [1.165, 1.54) is 18.2 Å². The topological polar surface area (TPSA) is 65.4 Å². The van der Waals surface area contributed by atoms with Crippen molar-refractivity contribution in [3.8, 4) is 6.07 Å². The van der Waals surface area contributed by atoms with Gasteiger partial charge in [-0.15, -0.1) is 0 Å². The van der Waals surface area contributed by atoms with E-state index in [1.54, 1.807) is 6.07 Å². The molecule has 0 aromatic heterocycles. The first-order chi connectivity index (χ1) is 13.8. The lowest BCUT2D eigenvalue weighted by atomic mass is 10.0. The predicted octanol–water partition coefficient (Wildman–Crippen LogP) is 3.68. The van der Waals surface area contributed by atoms with Crippen molar-refractivity contribution in [1.82, 2.24) is 5.32 Å². The molecular formula is C20H17F4N3O2. The standard InChI is InChI=1S/C20H17F4N3O2/c21-15-4-5-18(27-6-8-29-9-7-27)16(11-15)19(28)26-17(12-25)13-2-1-3-14(10-13)20(22,23)24/h1-5,10-11,17H,6-9H2,(H,26,28). The molecule has 1 aliphatic rings. The van der Waals surface area contributed by atoms with Crippen molar-refractivity contribution in [3.63, 3.8) is 0 Å². The number of amides is 1. The highest BCUT2D eigenvalue weighted by atomic mass is 19.4. The summed E-state index contributed by atoms with van der Waals surface area (Å²) in [4.78, 5) is 14.6. The predicted molar refractivity (Wildman–Crippen MR) is 96.7 cm³/mol. The van der Waals surface area contributed by atoms with Gasteiger partial charge in [0.1, 0.15) is 11.9 Å². The van der Waals surface area contributed by atoms with Gasteiger partial charge in [-0.05, 0) is 35.9 Å². The molecule has 1 fully saturated rings. The quantitative estimate of drug-likeness (QED) is 0.786. The van der Waals surface area contributed by atoms with E-state index in [4.69, 9.17) is 4.74 Å². The van der Waals surface area contributed by atoms with Crippen LogP contribution < -0.4 is 10.2 Å². The maximum Gasteiger partial charge on any atom is 0.416 e. The normalized spacial score (nSPS) is 15.5. The van der Waals surface area contributed by atoms with E-state index in [2.05, 4.69) is 5.32 Å². The first-order valence-corrected chi connectivity index (χ1v) is 8.79. The summed E-state index contributed by atoms with van der Waals surface area (Å²) in [5.74, 6) is -1.39. The van der Waals surface area contributed by atoms with E-state index < -0.39 is 29.5 Å². The van der Waals surface area contributed by atoms with E-state index in [1.807, 2.05) is 4.90 Å². The van der Waals surface area contributed by atoms with Crippen LogP contribution in [0.5, 0.6) is 0 Å². The van der Waals surface area contributed by atoms with Gasteiger partial charge < -0.3 is 15.0 Å². The van der Waals surface area contributed by atoms with E-state index in [0.29, 0.717) is 32.0 Å². The molecule has 0 bridgehead atoms. The molecule has 5 nitrogen and oxygen atoms in total. The molecule has 0 radical (unpaired) electrons. The van der Waals surface area contributed by atoms with Crippen LogP contribution in [0.2, 0.25) is 0 Å². The molecule has 1 amide bonds.